The monoisotopic (exact) mass is 370 g/mol. The van der Waals surface area contributed by atoms with Crippen molar-refractivity contribution in [3.63, 3.8) is 0 Å². The zero-order valence-electron chi connectivity index (χ0n) is 14.2. The van der Waals surface area contributed by atoms with Gasteiger partial charge < -0.3 is 20.1 Å². The zero-order valence-corrected chi connectivity index (χ0v) is 15.0. The van der Waals surface area contributed by atoms with Crippen LogP contribution in [0.15, 0.2) is 41.3 Å². The second-order valence-corrected chi connectivity index (χ2v) is 7.16. The van der Waals surface area contributed by atoms with Crippen molar-refractivity contribution in [3.8, 4) is 11.5 Å². The average Bonchev–Trinajstić information content (AvgIpc) is 2.66. The molecule has 134 valence electrons. The number of fused-ring (bicyclic) bond motifs is 2. The van der Waals surface area contributed by atoms with Crippen LogP contribution in [0.25, 0.3) is 0 Å². The summed E-state index contributed by atoms with van der Waals surface area (Å²) in [5, 5.41) is 5.79. The Morgan fingerprint density at radius 1 is 1.15 bits per heavy atom. The fourth-order valence-corrected chi connectivity index (χ4v) is 3.71. The highest BCUT2D eigenvalue weighted by Gasteiger charge is 2.19. The van der Waals surface area contributed by atoms with Gasteiger partial charge in [-0.25, -0.2) is 0 Å². The molecular formula is C19H18N2O4S. The summed E-state index contributed by atoms with van der Waals surface area (Å²) in [6.07, 6.45) is 0. The van der Waals surface area contributed by atoms with Crippen molar-refractivity contribution in [2.24, 2.45) is 0 Å². The smallest absolute Gasteiger partial charge is 0.251 e. The Balaban J connectivity index is 1.49. The maximum Gasteiger partial charge on any atom is 0.251 e. The summed E-state index contributed by atoms with van der Waals surface area (Å²) in [6, 6.07) is 10.8. The minimum absolute atomic E-state index is 0.0512. The van der Waals surface area contributed by atoms with Crippen molar-refractivity contribution in [2.75, 3.05) is 24.3 Å². The van der Waals surface area contributed by atoms with E-state index >= 15 is 0 Å². The topological polar surface area (TPSA) is 76.7 Å². The highest BCUT2D eigenvalue weighted by atomic mass is 32.2. The van der Waals surface area contributed by atoms with Crippen LogP contribution in [0.4, 0.5) is 5.69 Å². The fourth-order valence-electron chi connectivity index (χ4n) is 2.92. The van der Waals surface area contributed by atoms with Crippen LogP contribution in [-0.4, -0.2) is 30.8 Å². The van der Waals surface area contributed by atoms with E-state index in [1.54, 1.807) is 12.1 Å². The standard InChI is InChI=1S/C19H18N2O4S/c1-11(12-2-4-15-16(9-12)25-7-6-24-15)20-19(23)13-3-5-17-14(8-13)21-18(22)10-26-17/h2-5,8-9,11H,6-7,10H2,1H3,(H,20,23)(H,21,22)/t11-/m1/s1. The van der Waals surface area contributed by atoms with E-state index in [1.165, 1.54) is 11.8 Å². The Bertz CT molecular complexity index is 884. The number of hydrogen-bond donors (Lipinski definition) is 2. The van der Waals surface area contributed by atoms with Gasteiger partial charge in [0.15, 0.2) is 11.5 Å². The van der Waals surface area contributed by atoms with Crippen molar-refractivity contribution in [2.45, 2.75) is 17.9 Å². The Kier molecular flexibility index (Phi) is 4.46. The number of carbonyl (C=O) groups is 2. The van der Waals surface area contributed by atoms with Crippen molar-refractivity contribution < 1.29 is 19.1 Å². The first-order valence-electron chi connectivity index (χ1n) is 8.37. The molecule has 6 nitrogen and oxygen atoms in total. The first-order chi connectivity index (χ1) is 12.6. The summed E-state index contributed by atoms with van der Waals surface area (Å²) < 4.78 is 11.1. The molecule has 2 aromatic carbocycles. The van der Waals surface area contributed by atoms with E-state index in [2.05, 4.69) is 10.6 Å². The van der Waals surface area contributed by atoms with Gasteiger partial charge in [0.2, 0.25) is 5.91 Å². The van der Waals surface area contributed by atoms with Crippen molar-refractivity contribution >= 4 is 29.3 Å². The van der Waals surface area contributed by atoms with E-state index in [0.29, 0.717) is 36.0 Å². The van der Waals surface area contributed by atoms with Gasteiger partial charge in [-0.1, -0.05) is 6.07 Å². The van der Waals surface area contributed by atoms with Gasteiger partial charge in [0.1, 0.15) is 13.2 Å². The van der Waals surface area contributed by atoms with Gasteiger partial charge in [-0.2, -0.15) is 0 Å². The molecule has 0 unspecified atom stereocenters. The van der Waals surface area contributed by atoms with Gasteiger partial charge in [0, 0.05) is 10.5 Å². The zero-order chi connectivity index (χ0) is 18.1. The third kappa shape index (κ3) is 3.35. The molecule has 0 saturated carbocycles. The molecule has 0 bridgehead atoms. The van der Waals surface area contributed by atoms with E-state index in [1.807, 2.05) is 31.2 Å². The molecule has 0 radical (unpaired) electrons. The molecule has 2 N–H and O–H groups in total. The molecule has 2 aliphatic rings. The lowest BCUT2D eigenvalue weighted by Gasteiger charge is -2.21. The molecule has 0 fully saturated rings. The number of carbonyl (C=O) groups excluding carboxylic acids is 2. The van der Waals surface area contributed by atoms with E-state index in [0.717, 1.165) is 16.2 Å². The SMILES string of the molecule is C[C@@H](NC(=O)c1ccc2c(c1)NC(=O)CS2)c1ccc2c(c1)OCCO2. The third-order valence-electron chi connectivity index (χ3n) is 4.29. The van der Waals surface area contributed by atoms with Gasteiger partial charge in [0.05, 0.1) is 17.5 Å². The molecular weight excluding hydrogens is 352 g/mol. The van der Waals surface area contributed by atoms with Crippen LogP contribution in [0.5, 0.6) is 11.5 Å². The van der Waals surface area contributed by atoms with Gasteiger partial charge in [-0.3, -0.25) is 9.59 Å². The molecule has 1 atom stereocenters. The second-order valence-electron chi connectivity index (χ2n) is 6.15. The number of thioether (sulfide) groups is 1. The Hall–Kier alpha value is -2.67. The molecule has 26 heavy (non-hydrogen) atoms. The van der Waals surface area contributed by atoms with Crippen LogP contribution in [0, 0.1) is 0 Å². The average molecular weight is 370 g/mol. The highest BCUT2D eigenvalue weighted by molar-refractivity contribution is 8.00. The summed E-state index contributed by atoms with van der Waals surface area (Å²) in [4.78, 5) is 25.1. The number of nitrogens with one attached hydrogen (secondary N) is 2. The van der Waals surface area contributed by atoms with Gasteiger partial charge in [-0.05, 0) is 42.8 Å². The molecule has 2 aromatic rings. The third-order valence-corrected chi connectivity index (χ3v) is 5.36. The normalized spacial score (nSPS) is 16.3. The van der Waals surface area contributed by atoms with Gasteiger partial charge in [-0.15, -0.1) is 11.8 Å². The molecule has 4 rings (SSSR count). The van der Waals surface area contributed by atoms with Crippen LogP contribution in [-0.2, 0) is 4.79 Å². The van der Waals surface area contributed by atoms with Crippen molar-refractivity contribution in [3.05, 3.63) is 47.5 Å². The number of amides is 2. The molecule has 0 aliphatic carbocycles. The Morgan fingerprint density at radius 2 is 1.96 bits per heavy atom. The number of anilines is 1. The number of ether oxygens (including phenoxy) is 2. The van der Waals surface area contributed by atoms with Crippen LogP contribution in [0.3, 0.4) is 0 Å². The first kappa shape index (κ1) is 16.8. The van der Waals surface area contributed by atoms with Gasteiger partial charge >= 0.3 is 0 Å². The summed E-state index contributed by atoms with van der Waals surface area (Å²) in [5.41, 5.74) is 2.13. The maximum atomic E-state index is 12.6. The van der Waals surface area contributed by atoms with Crippen molar-refractivity contribution in [1.82, 2.24) is 5.32 Å². The predicted molar refractivity (Wildman–Crippen MR) is 99.1 cm³/mol. The predicted octanol–water partition coefficient (Wildman–Crippen LogP) is 2.99. The Morgan fingerprint density at radius 3 is 2.81 bits per heavy atom. The summed E-state index contributed by atoms with van der Waals surface area (Å²) >= 11 is 1.47. The van der Waals surface area contributed by atoms with E-state index in [9.17, 15) is 9.59 Å². The number of hydrogen-bond acceptors (Lipinski definition) is 5. The highest BCUT2D eigenvalue weighted by Crippen LogP contribution is 2.33. The molecule has 2 aliphatic heterocycles. The summed E-state index contributed by atoms with van der Waals surface area (Å²) in [6.45, 7) is 2.99. The van der Waals surface area contributed by atoms with E-state index in [4.69, 9.17) is 9.47 Å². The second kappa shape index (κ2) is 6.92. The lowest BCUT2D eigenvalue weighted by atomic mass is 10.1. The summed E-state index contributed by atoms with van der Waals surface area (Å²) in [7, 11) is 0. The quantitative estimate of drug-likeness (QED) is 0.869. The molecule has 2 heterocycles. The summed E-state index contributed by atoms with van der Waals surface area (Å²) in [5.74, 6) is 1.58. The molecule has 0 spiro atoms. The minimum Gasteiger partial charge on any atom is -0.486 e. The minimum atomic E-state index is -0.196. The maximum absolute atomic E-state index is 12.6. The van der Waals surface area contributed by atoms with Crippen LogP contribution < -0.4 is 20.1 Å². The Labute approximate surface area is 155 Å². The molecule has 0 saturated heterocycles. The first-order valence-corrected chi connectivity index (χ1v) is 9.36. The van der Waals surface area contributed by atoms with Crippen LogP contribution >= 0.6 is 11.8 Å². The number of rotatable bonds is 3. The molecule has 7 heteroatoms. The fraction of sp³-hybridized carbons (Fsp3) is 0.263. The molecule has 2 amide bonds. The van der Waals surface area contributed by atoms with Crippen LogP contribution in [0.2, 0.25) is 0 Å². The van der Waals surface area contributed by atoms with E-state index in [-0.39, 0.29) is 17.9 Å². The molecule has 0 aromatic heterocycles. The van der Waals surface area contributed by atoms with Gasteiger partial charge in [0.25, 0.3) is 5.91 Å². The largest absolute Gasteiger partial charge is 0.486 e. The van der Waals surface area contributed by atoms with Crippen LogP contribution in [0.1, 0.15) is 28.9 Å². The van der Waals surface area contributed by atoms with E-state index < -0.39 is 0 Å². The van der Waals surface area contributed by atoms with Crippen molar-refractivity contribution in [1.29, 1.82) is 0 Å². The number of benzene rings is 2. The lowest BCUT2D eigenvalue weighted by molar-refractivity contribution is -0.113. The lowest BCUT2D eigenvalue weighted by Crippen LogP contribution is -2.27.